The Morgan fingerprint density at radius 1 is 1.41 bits per heavy atom. The summed E-state index contributed by atoms with van der Waals surface area (Å²) in [6.07, 6.45) is 6.63. The predicted molar refractivity (Wildman–Crippen MR) is 83.2 cm³/mol. The summed E-state index contributed by atoms with van der Waals surface area (Å²) in [6, 6.07) is 3.76. The van der Waals surface area contributed by atoms with Crippen LogP contribution in [-0.2, 0) is 4.79 Å². The van der Waals surface area contributed by atoms with Crippen molar-refractivity contribution in [1.29, 1.82) is 0 Å². The predicted octanol–water partition coefficient (Wildman–Crippen LogP) is 1.85. The SMILES string of the molecule is CC1(C)CN(C(=O)CNC(=O)c2cccnc2)[C@@H]2CCC[C@@H]21. The van der Waals surface area contributed by atoms with Crippen molar-refractivity contribution in [3.8, 4) is 0 Å². The molecule has 1 saturated heterocycles. The van der Waals surface area contributed by atoms with Gasteiger partial charge in [-0.05, 0) is 36.3 Å². The minimum atomic E-state index is -0.247. The summed E-state index contributed by atoms with van der Waals surface area (Å²) in [5.74, 6) is 0.382. The van der Waals surface area contributed by atoms with E-state index in [-0.39, 0.29) is 23.8 Å². The van der Waals surface area contributed by atoms with Crippen LogP contribution in [0.2, 0.25) is 0 Å². The van der Waals surface area contributed by atoms with Gasteiger partial charge in [-0.2, -0.15) is 0 Å². The number of hydrogen-bond acceptors (Lipinski definition) is 3. The molecule has 2 aliphatic rings. The smallest absolute Gasteiger partial charge is 0.253 e. The summed E-state index contributed by atoms with van der Waals surface area (Å²) in [5.41, 5.74) is 0.667. The molecule has 0 radical (unpaired) electrons. The van der Waals surface area contributed by atoms with Crippen molar-refractivity contribution in [2.24, 2.45) is 11.3 Å². The first-order valence-corrected chi connectivity index (χ1v) is 7.97. The molecule has 2 atom stereocenters. The molecule has 118 valence electrons. The van der Waals surface area contributed by atoms with Crippen LogP contribution in [0, 0.1) is 11.3 Å². The Morgan fingerprint density at radius 2 is 2.23 bits per heavy atom. The third-order valence-electron chi connectivity index (χ3n) is 5.11. The van der Waals surface area contributed by atoms with Gasteiger partial charge >= 0.3 is 0 Å². The van der Waals surface area contributed by atoms with Crippen molar-refractivity contribution < 1.29 is 9.59 Å². The molecular formula is C17H23N3O2. The molecule has 2 fully saturated rings. The Labute approximate surface area is 131 Å². The first-order valence-electron chi connectivity index (χ1n) is 7.97. The Bertz CT molecular complexity index is 571. The lowest BCUT2D eigenvalue weighted by molar-refractivity contribution is -0.131. The van der Waals surface area contributed by atoms with Gasteiger partial charge < -0.3 is 10.2 Å². The zero-order valence-electron chi connectivity index (χ0n) is 13.2. The van der Waals surface area contributed by atoms with Gasteiger partial charge in [0.25, 0.3) is 5.91 Å². The Balaban J connectivity index is 1.60. The van der Waals surface area contributed by atoms with Gasteiger partial charge in [0.2, 0.25) is 5.91 Å². The van der Waals surface area contributed by atoms with E-state index in [4.69, 9.17) is 0 Å². The largest absolute Gasteiger partial charge is 0.343 e. The zero-order chi connectivity index (χ0) is 15.7. The van der Waals surface area contributed by atoms with Gasteiger partial charge in [0.15, 0.2) is 0 Å². The monoisotopic (exact) mass is 301 g/mol. The maximum absolute atomic E-state index is 12.5. The van der Waals surface area contributed by atoms with E-state index >= 15 is 0 Å². The fraction of sp³-hybridized carbons (Fsp3) is 0.588. The minimum Gasteiger partial charge on any atom is -0.343 e. The normalized spacial score (nSPS) is 25.8. The van der Waals surface area contributed by atoms with E-state index in [0.717, 1.165) is 13.0 Å². The summed E-state index contributed by atoms with van der Waals surface area (Å²) < 4.78 is 0. The summed E-state index contributed by atoms with van der Waals surface area (Å²) in [7, 11) is 0. The molecule has 0 unspecified atom stereocenters. The van der Waals surface area contributed by atoms with Crippen molar-refractivity contribution in [1.82, 2.24) is 15.2 Å². The molecule has 1 aliphatic carbocycles. The molecule has 0 aromatic carbocycles. The van der Waals surface area contributed by atoms with Gasteiger partial charge in [-0.15, -0.1) is 0 Å². The number of pyridine rings is 1. The van der Waals surface area contributed by atoms with Gasteiger partial charge in [0.05, 0.1) is 12.1 Å². The van der Waals surface area contributed by atoms with Crippen LogP contribution < -0.4 is 5.32 Å². The summed E-state index contributed by atoms with van der Waals surface area (Å²) in [4.78, 5) is 30.4. The number of nitrogens with zero attached hydrogens (tertiary/aromatic N) is 2. The lowest BCUT2D eigenvalue weighted by atomic mass is 9.80. The Hall–Kier alpha value is -1.91. The molecule has 0 spiro atoms. The van der Waals surface area contributed by atoms with E-state index in [2.05, 4.69) is 24.1 Å². The number of hydrogen-bond donors (Lipinski definition) is 1. The number of rotatable bonds is 3. The number of fused-ring (bicyclic) bond motifs is 1. The standard InChI is InChI=1S/C17H23N3O2/c1-17(2)11-20(14-7-3-6-13(14)17)15(21)10-19-16(22)12-5-4-8-18-9-12/h4-5,8-9,13-14H,3,6-7,10-11H2,1-2H3,(H,19,22)/t13-,14+/m0/s1. The third kappa shape index (κ3) is 2.72. The number of likely N-dealkylation sites (tertiary alicyclic amines) is 1. The van der Waals surface area contributed by atoms with Crippen LogP contribution >= 0.6 is 0 Å². The van der Waals surface area contributed by atoms with E-state index in [1.807, 2.05) is 4.90 Å². The molecule has 1 saturated carbocycles. The van der Waals surface area contributed by atoms with Crippen molar-refractivity contribution in [2.45, 2.75) is 39.2 Å². The van der Waals surface area contributed by atoms with Gasteiger partial charge in [0.1, 0.15) is 0 Å². The van der Waals surface area contributed by atoms with Crippen LogP contribution in [-0.4, -0.2) is 40.8 Å². The average Bonchev–Trinajstić information content (AvgIpc) is 3.09. The molecule has 1 aromatic rings. The minimum absolute atomic E-state index is 0.0275. The van der Waals surface area contributed by atoms with E-state index in [0.29, 0.717) is 17.5 Å². The van der Waals surface area contributed by atoms with Crippen LogP contribution in [0.5, 0.6) is 0 Å². The molecule has 1 aromatic heterocycles. The summed E-state index contributed by atoms with van der Waals surface area (Å²) in [5, 5.41) is 2.71. The second kappa shape index (κ2) is 5.71. The quantitative estimate of drug-likeness (QED) is 0.927. The zero-order valence-corrected chi connectivity index (χ0v) is 13.2. The molecule has 3 rings (SSSR count). The first-order chi connectivity index (χ1) is 10.5. The highest BCUT2D eigenvalue weighted by molar-refractivity contribution is 5.96. The highest BCUT2D eigenvalue weighted by atomic mass is 16.2. The molecule has 1 aliphatic heterocycles. The lowest BCUT2D eigenvalue weighted by Gasteiger charge is -2.24. The maximum Gasteiger partial charge on any atom is 0.253 e. The summed E-state index contributed by atoms with van der Waals surface area (Å²) in [6.45, 7) is 5.35. The van der Waals surface area contributed by atoms with E-state index in [1.54, 1.807) is 18.3 Å². The fourth-order valence-electron chi connectivity index (χ4n) is 4.03. The van der Waals surface area contributed by atoms with Gasteiger partial charge in [-0.1, -0.05) is 20.3 Å². The van der Waals surface area contributed by atoms with Gasteiger partial charge in [-0.3, -0.25) is 14.6 Å². The maximum atomic E-state index is 12.5. The van der Waals surface area contributed by atoms with Gasteiger partial charge in [0, 0.05) is 25.0 Å². The van der Waals surface area contributed by atoms with Crippen LogP contribution in [0.4, 0.5) is 0 Å². The summed E-state index contributed by atoms with van der Waals surface area (Å²) >= 11 is 0. The Kier molecular flexibility index (Phi) is 3.89. The fourth-order valence-corrected chi connectivity index (χ4v) is 4.03. The average molecular weight is 301 g/mol. The number of aromatic nitrogens is 1. The molecule has 22 heavy (non-hydrogen) atoms. The number of amides is 2. The number of carbonyl (C=O) groups excluding carboxylic acids is 2. The molecule has 0 bridgehead atoms. The van der Waals surface area contributed by atoms with Crippen LogP contribution in [0.3, 0.4) is 0 Å². The van der Waals surface area contributed by atoms with Crippen molar-refractivity contribution in [3.63, 3.8) is 0 Å². The van der Waals surface area contributed by atoms with E-state index in [9.17, 15) is 9.59 Å². The first kappa shape index (κ1) is 15.0. The van der Waals surface area contributed by atoms with Gasteiger partial charge in [-0.25, -0.2) is 0 Å². The second-order valence-corrected chi connectivity index (χ2v) is 7.04. The number of carbonyl (C=O) groups is 2. The second-order valence-electron chi connectivity index (χ2n) is 7.04. The number of nitrogens with one attached hydrogen (secondary N) is 1. The molecular weight excluding hydrogens is 278 g/mol. The molecule has 5 heteroatoms. The highest BCUT2D eigenvalue weighted by Crippen LogP contribution is 2.48. The van der Waals surface area contributed by atoms with Crippen molar-refractivity contribution in [3.05, 3.63) is 30.1 Å². The van der Waals surface area contributed by atoms with E-state index in [1.165, 1.54) is 19.0 Å². The molecule has 5 nitrogen and oxygen atoms in total. The molecule has 2 amide bonds. The van der Waals surface area contributed by atoms with Crippen LogP contribution in [0.25, 0.3) is 0 Å². The lowest BCUT2D eigenvalue weighted by Crippen LogP contribution is -2.43. The van der Waals surface area contributed by atoms with Crippen molar-refractivity contribution >= 4 is 11.8 Å². The highest BCUT2D eigenvalue weighted by Gasteiger charge is 2.50. The molecule has 2 heterocycles. The topological polar surface area (TPSA) is 62.3 Å². The van der Waals surface area contributed by atoms with Crippen LogP contribution in [0.1, 0.15) is 43.5 Å². The van der Waals surface area contributed by atoms with Crippen molar-refractivity contribution in [2.75, 3.05) is 13.1 Å². The third-order valence-corrected chi connectivity index (χ3v) is 5.11. The Morgan fingerprint density at radius 3 is 2.95 bits per heavy atom. The van der Waals surface area contributed by atoms with Crippen LogP contribution in [0.15, 0.2) is 24.5 Å². The molecule has 1 N–H and O–H groups in total. The van der Waals surface area contributed by atoms with E-state index < -0.39 is 0 Å².